The number of aryl methyl sites for hydroxylation is 1. The average Bonchev–Trinajstić information content (AvgIpc) is 2.53. The summed E-state index contributed by atoms with van der Waals surface area (Å²) in [6.45, 7) is 1.87. The van der Waals surface area contributed by atoms with Crippen LogP contribution in [0.3, 0.4) is 0 Å². The molecule has 0 spiro atoms. The maximum Gasteiger partial charge on any atom is 0.264 e. The third-order valence-electron chi connectivity index (χ3n) is 3.49. The Hall–Kier alpha value is -2.11. The van der Waals surface area contributed by atoms with E-state index in [-0.39, 0.29) is 5.56 Å². The number of benzene rings is 2. The smallest absolute Gasteiger partial charge is 0.264 e. The van der Waals surface area contributed by atoms with Crippen molar-refractivity contribution in [1.82, 2.24) is 10.2 Å². The zero-order valence-electron chi connectivity index (χ0n) is 12.8. The van der Waals surface area contributed by atoms with Crippen molar-refractivity contribution in [1.29, 1.82) is 0 Å². The van der Waals surface area contributed by atoms with Gasteiger partial charge in [-0.2, -0.15) is 5.10 Å². The van der Waals surface area contributed by atoms with Gasteiger partial charge < -0.3 is 4.74 Å². The quantitative estimate of drug-likeness (QED) is 0.673. The molecule has 0 aliphatic heterocycles. The largest absolute Gasteiger partial charge is 0.456 e. The molecule has 0 aliphatic rings. The average molecular weight is 406 g/mol. The second-order valence-electron chi connectivity index (χ2n) is 5.36. The van der Waals surface area contributed by atoms with Gasteiger partial charge in [-0.05, 0) is 48.4 Å². The van der Waals surface area contributed by atoms with Gasteiger partial charge in [0.2, 0.25) is 0 Å². The molecule has 0 fully saturated rings. The highest BCUT2D eigenvalue weighted by Gasteiger charge is 2.08. The van der Waals surface area contributed by atoms with Crippen molar-refractivity contribution in [3.8, 4) is 11.5 Å². The van der Waals surface area contributed by atoms with Crippen LogP contribution < -0.4 is 10.3 Å². The van der Waals surface area contributed by atoms with E-state index < -0.39 is 0 Å². The van der Waals surface area contributed by atoms with Gasteiger partial charge in [0, 0.05) is 17.0 Å². The summed E-state index contributed by atoms with van der Waals surface area (Å²) in [5.74, 6) is 1.27. The predicted octanol–water partition coefficient (Wildman–Crippen LogP) is 4.88. The van der Waals surface area contributed by atoms with Gasteiger partial charge in [0.1, 0.15) is 11.5 Å². The van der Waals surface area contributed by atoms with Crippen LogP contribution in [-0.4, -0.2) is 10.2 Å². The molecular formula is C18H14BrClN2O2. The highest BCUT2D eigenvalue weighted by molar-refractivity contribution is 9.10. The summed E-state index contributed by atoms with van der Waals surface area (Å²) in [4.78, 5) is 11.3. The molecule has 0 unspecified atom stereocenters. The van der Waals surface area contributed by atoms with Gasteiger partial charge in [-0.25, -0.2) is 5.10 Å². The van der Waals surface area contributed by atoms with Crippen LogP contribution >= 0.6 is 27.5 Å². The van der Waals surface area contributed by atoms with E-state index >= 15 is 0 Å². The maximum absolute atomic E-state index is 11.3. The number of nitrogens with zero attached hydrogens (tertiary/aromatic N) is 1. The Labute approximate surface area is 152 Å². The molecule has 0 bridgehead atoms. The van der Waals surface area contributed by atoms with Crippen LogP contribution in [0.15, 0.2) is 57.8 Å². The summed E-state index contributed by atoms with van der Waals surface area (Å²) in [5, 5.41) is 7.10. The number of aromatic amines is 1. The first-order valence-corrected chi connectivity index (χ1v) is 8.45. The monoisotopic (exact) mass is 404 g/mol. The van der Waals surface area contributed by atoms with Gasteiger partial charge in [0.15, 0.2) is 0 Å². The summed E-state index contributed by atoms with van der Waals surface area (Å²) in [5.41, 5.74) is 2.45. The molecule has 0 atom stereocenters. The molecule has 1 N–H and O–H groups in total. The molecule has 0 amide bonds. The Morgan fingerprint density at radius 1 is 1.21 bits per heavy atom. The highest BCUT2D eigenvalue weighted by atomic mass is 79.9. The number of nitrogens with one attached hydrogen (secondary N) is 1. The van der Waals surface area contributed by atoms with Gasteiger partial charge >= 0.3 is 0 Å². The van der Waals surface area contributed by atoms with Crippen LogP contribution in [0, 0.1) is 6.92 Å². The molecule has 1 aromatic heterocycles. The number of hydrogen-bond acceptors (Lipinski definition) is 3. The third kappa shape index (κ3) is 4.04. The SMILES string of the molecule is Cc1cc(=O)[nH]nc1Cc1ccc(Cl)c(Oc2cccc(Br)c2)c1. The van der Waals surface area contributed by atoms with Crippen LogP contribution in [0.1, 0.15) is 16.8 Å². The Morgan fingerprint density at radius 2 is 2.04 bits per heavy atom. The number of halogens is 2. The summed E-state index contributed by atoms with van der Waals surface area (Å²) in [6, 6.07) is 14.7. The van der Waals surface area contributed by atoms with Crippen molar-refractivity contribution in [2.45, 2.75) is 13.3 Å². The lowest BCUT2D eigenvalue weighted by atomic mass is 10.1. The van der Waals surface area contributed by atoms with E-state index in [1.165, 1.54) is 6.07 Å². The van der Waals surface area contributed by atoms with E-state index in [1.807, 2.05) is 43.3 Å². The zero-order valence-corrected chi connectivity index (χ0v) is 15.2. The van der Waals surface area contributed by atoms with Crippen LogP contribution in [0.5, 0.6) is 11.5 Å². The van der Waals surface area contributed by atoms with Gasteiger partial charge in [0.05, 0.1) is 10.7 Å². The number of ether oxygens (including phenoxy) is 1. The van der Waals surface area contributed by atoms with Gasteiger partial charge in [-0.1, -0.05) is 39.7 Å². The number of aromatic nitrogens is 2. The van der Waals surface area contributed by atoms with E-state index in [4.69, 9.17) is 16.3 Å². The molecule has 24 heavy (non-hydrogen) atoms. The summed E-state index contributed by atoms with van der Waals surface area (Å²) >= 11 is 9.66. The van der Waals surface area contributed by atoms with Crippen LogP contribution in [0.2, 0.25) is 5.02 Å². The van der Waals surface area contributed by atoms with E-state index in [0.717, 1.165) is 21.3 Å². The molecule has 0 saturated heterocycles. The Balaban J connectivity index is 1.87. The molecule has 3 aromatic rings. The van der Waals surface area contributed by atoms with Crippen molar-refractivity contribution >= 4 is 27.5 Å². The minimum absolute atomic E-state index is 0.203. The standard InChI is InChI=1S/C18H14BrClN2O2/c1-11-7-18(23)22-21-16(11)8-12-5-6-15(20)17(9-12)24-14-4-2-3-13(19)10-14/h2-7,9-10H,8H2,1H3,(H,22,23). The summed E-state index contributed by atoms with van der Waals surface area (Å²) in [6.07, 6.45) is 0.578. The Morgan fingerprint density at radius 3 is 2.79 bits per heavy atom. The zero-order chi connectivity index (χ0) is 17.1. The summed E-state index contributed by atoms with van der Waals surface area (Å²) < 4.78 is 6.81. The van der Waals surface area contributed by atoms with Gasteiger partial charge in [-0.3, -0.25) is 4.79 Å². The minimum Gasteiger partial charge on any atom is -0.456 e. The second kappa shape index (κ2) is 7.20. The van der Waals surface area contributed by atoms with E-state index in [2.05, 4.69) is 26.1 Å². The molecule has 0 saturated carbocycles. The molecule has 0 radical (unpaired) electrons. The van der Waals surface area contributed by atoms with Crippen molar-refractivity contribution in [2.75, 3.05) is 0 Å². The predicted molar refractivity (Wildman–Crippen MR) is 98.1 cm³/mol. The topological polar surface area (TPSA) is 55.0 Å². The highest BCUT2D eigenvalue weighted by Crippen LogP contribution is 2.32. The van der Waals surface area contributed by atoms with Crippen LogP contribution in [-0.2, 0) is 6.42 Å². The molecular weight excluding hydrogens is 392 g/mol. The fourth-order valence-corrected chi connectivity index (χ4v) is 2.82. The fourth-order valence-electron chi connectivity index (χ4n) is 2.29. The van der Waals surface area contributed by atoms with Gasteiger partial charge in [-0.15, -0.1) is 0 Å². The van der Waals surface area contributed by atoms with E-state index in [0.29, 0.717) is 22.9 Å². The number of H-pyrrole nitrogens is 1. The first kappa shape index (κ1) is 16.7. The summed E-state index contributed by atoms with van der Waals surface area (Å²) in [7, 11) is 0. The third-order valence-corrected chi connectivity index (χ3v) is 4.30. The lowest BCUT2D eigenvalue weighted by molar-refractivity contribution is 0.482. The minimum atomic E-state index is -0.203. The lowest BCUT2D eigenvalue weighted by Crippen LogP contribution is -2.10. The lowest BCUT2D eigenvalue weighted by Gasteiger charge is -2.10. The first-order valence-electron chi connectivity index (χ1n) is 7.28. The van der Waals surface area contributed by atoms with Crippen molar-refractivity contribution in [2.24, 2.45) is 0 Å². The number of rotatable bonds is 4. The van der Waals surface area contributed by atoms with E-state index in [9.17, 15) is 4.79 Å². The molecule has 122 valence electrons. The molecule has 1 heterocycles. The molecule has 0 aliphatic carbocycles. The van der Waals surface area contributed by atoms with Crippen molar-refractivity contribution in [3.05, 3.63) is 85.2 Å². The molecule has 3 rings (SSSR count). The van der Waals surface area contributed by atoms with Crippen LogP contribution in [0.25, 0.3) is 0 Å². The first-order chi connectivity index (χ1) is 11.5. The van der Waals surface area contributed by atoms with Gasteiger partial charge in [0.25, 0.3) is 5.56 Å². The normalized spacial score (nSPS) is 10.6. The molecule has 4 nitrogen and oxygen atoms in total. The van der Waals surface area contributed by atoms with E-state index in [1.54, 1.807) is 6.07 Å². The molecule has 6 heteroatoms. The Bertz CT molecular complexity index is 940. The van der Waals surface area contributed by atoms with Crippen molar-refractivity contribution < 1.29 is 4.74 Å². The Kier molecular flexibility index (Phi) is 5.02. The molecule has 2 aromatic carbocycles. The maximum atomic E-state index is 11.3. The number of hydrogen-bond donors (Lipinski definition) is 1. The fraction of sp³-hybridized carbons (Fsp3) is 0.111. The second-order valence-corrected chi connectivity index (χ2v) is 6.69. The van der Waals surface area contributed by atoms with Crippen molar-refractivity contribution in [3.63, 3.8) is 0 Å². The van der Waals surface area contributed by atoms with Crippen LogP contribution in [0.4, 0.5) is 0 Å².